The first-order valence-electron chi connectivity index (χ1n) is 9.25. The molecular formula is C22H29NO8. The van der Waals surface area contributed by atoms with Gasteiger partial charge in [-0.05, 0) is 38.4 Å². The van der Waals surface area contributed by atoms with Gasteiger partial charge in [-0.25, -0.2) is 0 Å². The van der Waals surface area contributed by atoms with Crippen molar-refractivity contribution in [3.8, 4) is 34.5 Å². The highest BCUT2D eigenvalue weighted by atomic mass is 16.5. The minimum atomic E-state index is -0.197. The third-order valence-corrected chi connectivity index (χ3v) is 4.12. The lowest BCUT2D eigenvalue weighted by Crippen LogP contribution is -2.20. The average Bonchev–Trinajstić information content (AvgIpc) is 2.78. The van der Waals surface area contributed by atoms with Crippen LogP contribution in [0.1, 0.15) is 20.7 Å². The van der Waals surface area contributed by atoms with Crippen molar-refractivity contribution in [2.24, 2.45) is 0 Å². The number of hydrogen-bond acceptors (Lipinski definition) is 9. The van der Waals surface area contributed by atoms with Gasteiger partial charge in [-0.2, -0.15) is 0 Å². The van der Waals surface area contributed by atoms with Crippen molar-refractivity contribution in [1.29, 1.82) is 0 Å². The molecule has 0 bridgehead atoms. The Labute approximate surface area is 182 Å². The number of aldehydes is 2. The van der Waals surface area contributed by atoms with E-state index in [0.29, 0.717) is 41.5 Å². The van der Waals surface area contributed by atoms with Gasteiger partial charge in [0.2, 0.25) is 11.5 Å². The third kappa shape index (κ3) is 6.78. The predicted octanol–water partition coefficient (Wildman–Crippen LogP) is 2.68. The molecule has 170 valence electrons. The van der Waals surface area contributed by atoms with Crippen molar-refractivity contribution in [3.63, 3.8) is 0 Å². The summed E-state index contributed by atoms with van der Waals surface area (Å²) in [6.45, 7) is 1.22. The summed E-state index contributed by atoms with van der Waals surface area (Å²) < 4.78 is 25.8. The Morgan fingerprint density at radius 1 is 0.774 bits per heavy atom. The topological polar surface area (TPSA) is 104 Å². The summed E-state index contributed by atoms with van der Waals surface area (Å²) >= 11 is 0. The van der Waals surface area contributed by atoms with Crippen molar-refractivity contribution >= 4 is 12.6 Å². The van der Waals surface area contributed by atoms with Crippen molar-refractivity contribution in [2.45, 2.75) is 0 Å². The zero-order chi connectivity index (χ0) is 23.4. The summed E-state index contributed by atoms with van der Waals surface area (Å²) in [5, 5.41) is 9.46. The van der Waals surface area contributed by atoms with Crippen LogP contribution in [0.5, 0.6) is 34.5 Å². The number of carbonyl (C=O) groups excluding carboxylic acids is 2. The van der Waals surface area contributed by atoms with Crippen molar-refractivity contribution < 1.29 is 38.4 Å². The van der Waals surface area contributed by atoms with Gasteiger partial charge in [0.15, 0.2) is 35.6 Å². The Morgan fingerprint density at radius 3 is 1.74 bits per heavy atom. The number of rotatable bonds is 10. The molecular weight excluding hydrogens is 406 g/mol. The van der Waals surface area contributed by atoms with E-state index in [9.17, 15) is 14.7 Å². The first kappa shape index (κ1) is 25.6. The molecule has 0 saturated heterocycles. The molecule has 0 unspecified atom stereocenters. The highest BCUT2D eigenvalue weighted by molar-refractivity contribution is 5.83. The van der Waals surface area contributed by atoms with Crippen molar-refractivity contribution in [1.82, 2.24) is 4.90 Å². The standard InChI is InChI=1S/C13H19NO4.C9H10O4/c1-14(2)7-8-18-12-10(9-15)5-6-11(16-3)13(12)17-4;1-12-7-4-3-6(5-10)8(11)9(7)13-2/h5-6,9H,7-8H2,1-4H3;3-5,11H,1-2H3. The van der Waals surface area contributed by atoms with Gasteiger partial charge in [0.1, 0.15) is 6.61 Å². The quantitative estimate of drug-likeness (QED) is 0.564. The minimum absolute atomic E-state index is 0.173. The van der Waals surface area contributed by atoms with Crippen LogP contribution in [0, 0.1) is 0 Å². The second-order valence-corrected chi connectivity index (χ2v) is 6.35. The number of phenols is 1. The van der Waals surface area contributed by atoms with E-state index in [1.165, 1.54) is 27.4 Å². The molecule has 0 aromatic heterocycles. The monoisotopic (exact) mass is 435 g/mol. The van der Waals surface area contributed by atoms with Crippen LogP contribution in [0.3, 0.4) is 0 Å². The predicted molar refractivity (Wildman–Crippen MR) is 116 cm³/mol. The smallest absolute Gasteiger partial charge is 0.204 e. The summed E-state index contributed by atoms with van der Waals surface area (Å²) in [4.78, 5) is 23.4. The van der Waals surface area contributed by atoms with Gasteiger partial charge in [-0.1, -0.05) is 0 Å². The van der Waals surface area contributed by atoms with E-state index in [2.05, 4.69) is 0 Å². The van der Waals surface area contributed by atoms with Gasteiger partial charge in [0, 0.05) is 6.54 Å². The molecule has 2 rings (SSSR count). The number of ether oxygens (including phenoxy) is 5. The molecule has 1 N–H and O–H groups in total. The van der Waals surface area contributed by atoms with Gasteiger partial charge in [0.05, 0.1) is 39.6 Å². The van der Waals surface area contributed by atoms with E-state index < -0.39 is 0 Å². The maximum atomic E-state index is 11.0. The van der Waals surface area contributed by atoms with E-state index >= 15 is 0 Å². The molecule has 0 heterocycles. The van der Waals surface area contributed by atoms with Crippen LogP contribution in [-0.4, -0.2) is 78.3 Å². The molecule has 9 nitrogen and oxygen atoms in total. The van der Waals surface area contributed by atoms with Gasteiger partial charge in [0.25, 0.3) is 0 Å². The fraction of sp³-hybridized carbons (Fsp3) is 0.364. The third-order valence-electron chi connectivity index (χ3n) is 4.12. The van der Waals surface area contributed by atoms with E-state index in [4.69, 9.17) is 23.7 Å². The molecule has 2 aromatic carbocycles. The van der Waals surface area contributed by atoms with E-state index in [0.717, 1.165) is 12.8 Å². The molecule has 0 spiro atoms. The van der Waals surface area contributed by atoms with Crippen LogP contribution >= 0.6 is 0 Å². The number of benzene rings is 2. The Kier molecular flexibility index (Phi) is 10.7. The highest BCUT2D eigenvalue weighted by Crippen LogP contribution is 2.39. The summed E-state index contributed by atoms with van der Waals surface area (Å²) in [7, 11) is 9.82. The van der Waals surface area contributed by atoms with Gasteiger partial charge < -0.3 is 33.7 Å². The summed E-state index contributed by atoms with van der Waals surface area (Å²) in [5.74, 6) is 1.78. The lowest BCUT2D eigenvalue weighted by Gasteiger charge is -2.16. The largest absolute Gasteiger partial charge is 0.504 e. The van der Waals surface area contributed by atoms with Crippen molar-refractivity contribution in [3.05, 3.63) is 35.4 Å². The van der Waals surface area contributed by atoms with Crippen LogP contribution in [-0.2, 0) is 0 Å². The van der Waals surface area contributed by atoms with Crippen molar-refractivity contribution in [2.75, 3.05) is 55.7 Å². The molecule has 0 atom stereocenters. The molecule has 0 aliphatic carbocycles. The second-order valence-electron chi connectivity index (χ2n) is 6.35. The highest BCUT2D eigenvalue weighted by Gasteiger charge is 2.16. The Hall–Kier alpha value is -3.46. The lowest BCUT2D eigenvalue weighted by molar-refractivity contribution is 0.111. The number of carbonyl (C=O) groups is 2. The SMILES string of the molecule is COc1ccc(C=O)c(O)c1OC.COc1ccc(C=O)c(OCCN(C)C)c1OC. The van der Waals surface area contributed by atoms with Gasteiger partial charge in [-0.15, -0.1) is 0 Å². The minimum Gasteiger partial charge on any atom is -0.504 e. The summed E-state index contributed by atoms with van der Waals surface area (Å²) in [6, 6.07) is 6.35. The molecule has 0 aliphatic rings. The number of nitrogens with zero attached hydrogens (tertiary/aromatic N) is 1. The van der Waals surface area contributed by atoms with E-state index in [-0.39, 0.29) is 17.1 Å². The molecule has 0 radical (unpaired) electrons. The molecule has 0 saturated carbocycles. The zero-order valence-corrected chi connectivity index (χ0v) is 18.6. The first-order valence-corrected chi connectivity index (χ1v) is 9.25. The van der Waals surface area contributed by atoms with Crippen LogP contribution < -0.4 is 23.7 Å². The summed E-state index contributed by atoms with van der Waals surface area (Å²) in [5.41, 5.74) is 0.629. The van der Waals surface area contributed by atoms with E-state index in [1.807, 2.05) is 19.0 Å². The van der Waals surface area contributed by atoms with Crippen LogP contribution in [0.4, 0.5) is 0 Å². The molecule has 0 aliphatic heterocycles. The zero-order valence-electron chi connectivity index (χ0n) is 18.6. The number of likely N-dealkylation sites (N-methyl/N-ethyl adjacent to an activating group) is 1. The van der Waals surface area contributed by atoms with Gasteiger partial charge >= 0.3 is 0 Å². The van der Waals surface area contributed by atoms with E-state index in [1.54, 1.807) is 25.3 Å². The second kappa shape index (κ2) is 13.0. The fourth-order valence-corrected chi connectivity index (χ4v) is 2.51. The number of hydrogen-bond donors (Lipinski definition) is 1. The Balaban J connectivity index is 0.000000327. The molecule has 0 fully saturated rings. The van der Waals surface area contributed by atoms with Crippen LogP contribution in [0.2, 0.25) is 0 Å². The molecule has 2 aromatic rings. The molecule has 31 heavy (non-hydrogen) atoms. The number of phenolic OH excluding ortho intramolecular Hbond substituents is 1. The molecule has 9 heteroatoms. The fourth-order valence-electron chi connectivity index (χ4n) is 2.51. The van der Waals surface area contributed by atoms with Crippen LogP contribution in [0.15, 0.2) is 24.3 Å². The number of methoxy groups -OCH3 is 4. The molecule has 0 amide bonds. The Bertz CT molecular complexity index is 867. The lowest BCUT2D eigenvalue weighted by atomic mass is 10.2. The maximum Gasteiger partial charge on any atom is 0.204 e. The number of aromatic hydroxyl groups is 1. The normalized spacial score (nSPS) is 9.90. The first-order chi connectivity index (χ1) is 14.9. The summed E-state index contributed by atoms with van der Waals surface area (Å²) in [6.07, 6.45) is 1.30. The maximum absolute atomic E-state index is 11.0. The van der Waals surface area contributed by atoms with Gasteiger partial charge in [-0.3, -0.25) is 9.59 Å². The average molecular weight is 435 g/mol. The Morgan fingerprint density at radius 2 is 1.29 bits per heavy atom. The van der Waals surface area contributed by atoms with Crippen LogP contribution in [0.25, 0.3) is 0 Å².